The van der Waals surface area contributed by atoms with Crippen LogP contribution < -0.4 is 0 Å². The fourth-order valence-electron chi connectivity index (χ4n) is 1.70. The Labute approximate surface area is 125 Å². The molecule has 1 N–H and O–H groups in total. The van der Waals surface area contributed by atoms with Gasteiger partial charge in [-0.25, -0.2) is 4.39 Å². The third-order valence-electron chi connectivity index (χ3n) is 2.68. The minimum absolute atomic E-state index is 0.0848. The number of alkyl halides is 3. The third kappa shape index (κ3) is 7.08. The quantitative estimate of drug-likeness (QED) is 0.588. The van der Waals surface area contributed by atoms with Gasteiger partial charge < -0.3 is 9.84 Å². The maximum Gasteiger partial charge on any atom is 0.411 e. The highest BCUT2D eigenvalue weighted by molar-refractivity contribution is 6.31. The van der Waals surface area contributed by atoms with Crippen molar-refractivity contribution in [3.63, 3.8) is 0 Å². The van der Waals surface area contributed by atoms with E-state index in [1.165, 1.54) is 18.2 Å². The van der Waals surface area contributed by atoms with Gasteiger partial charge in [-0.15, -0.1) is 0 Å². The maximum absolute atomic E-state index is 13.6. The van der Waals surface area contributed by atoms with Gasteiger partial charge in [0.05, 0.1) is 13.2 Å². The average molecular weight is 330 g/mol. The fourth-order valence-corrected chi connectivity index (χ4v) is 1.92. The molecule has 0 atom stereocenters. The molecular weight excluding hydrogens is 314 g/mol. The molecule has 0 heterocycles. The van der Waals surface area contributed by atoms with E-state index in [9.17, 15) is 17.6 Å². The monoisotopic (exact) mass is 329 g/mol. The summed E-state index contributed by atoms with van der Waals surface area (Å²) in [6.45, 7) is -1.32. The molecule has 0 aliphatic heterocycles. The molecule has 120 valence electrons. The number of hydrogen-bond acceptors (Lipinski definition) is 3. The van der Waals surface area contributed by atoms with Crippen molar-refractivity contribution in [2.24, 2.45) is 0 Å². The molecular formula is C13H16ClF4NO2. The standard InChI is InChI=1S/C13H16ClF4NO2/c14-11-2-1-3-12(15)10(11)8-19(4-6-20)5-7-21-9-13(16,17)18/h1-3,20H,4-9H2. The minimum atomic E-state index is -4.38. The van der Waals surface area contributed by atoms with Gasteiger partial charge in [-0.2, -0.15) is 13.2 Å². The van der Waals surface area contributed by atoms with Crippen molar-refractivity contribution in [1.82, 2.24) is 4.90 Å². The lowest BCUT2D eigenvalue weighted by Crippen LogP contribution is -2.31. The van der Waals surface area contributed by atoms with E-state index in [0.717, 1.165) is 0 Å². The van der Waals surface area contributed by atoms with Crippen molar-refractivity contribution in [2.45, 2.75) is 12.7 Å². The van der Waals surface area contributed by atoms with Crippen LogP contribution in [0.5, 0.6) is 0 Å². The molecule has 0 unspecified atom stereocenters. The van der Waals surface area contributed by atoms with E-state index in [-0.39, 0.29) is 43.4 Å². The number of ether oxygens (including phenoxy) is 1. The summed E-state index contributed by atoms with van der Waals surface area (Å²) in [5.74, 6) is -0.498. The van der Waals surface area contributed by atoms with Gasteiger partial charge in [0.1, 0.15) is 12.4 Å². The normalized spacial score (nSPS) is 12.1. The van der Waals surface area contributed by atoms with Crippen LogP contribution in [0.1, 0.15) is 5.56 Å². The van der Waals surface area contributed by atoms with Crippen molar-refractivity contribution in [1.29, 1.82) is 0 Å². The number of aliphatic hydroxyl groups excluding tert-OH is 1. The molecule has 0 radical (unpaired) electrons. The smallest absolute Gasteiger partial charge is 0.395 e. The number of halogens is 5. The molecule has 0 aromatic heterocycles. The first kappa shape index (κ1) is 18.2. The van der Waals surface area contributed by atoms with E-state index >= 15 is 0 Å². The molecule has 0 saturated carbocycles. The highest BCUT2D eigenvalue weighted by Crippen LogP contribution is 2.20. The van der Waals surface area contributed by atoms with Crippen molar-refractivity contribution in [3.05, 3.63) is 34.6 Å². The topological polar surface area (TPSA) is 32.7 Å². The Hall–Kier alpha value is -0.890. The molecule has 3 nitrogen and oxygen atoms in total. The Balaban J connectivity index is 2.53. The summed E-state index contributed by atoms with van der Waals surface area (Å²) in [4.78, 5) is 1.57. The summed E-state index contributed by atoms with van der Waals surface area (Å²) in [5.41, 5.74) is 0.239. The average Bonchev–Trinajstić information content (AvgIpc) is 2.38. The molecule has 0 aliphatic rings. The van der Waals surface area contributed by atoms with Gasteiger partial charge in [0, 0.05) is 30.2 Å². The van der Waals surface area contributed by atoms with E-state index in [1.807, 2.05) is 0 Å². The van der Waals surface area contributed by atoms with E-state index < -0.39 is 18.6 Å². The lowest BCUT2D eigenvalue weighted by atomic mass is 10.2. The van der Waals surface area contributed by atoms with Crippen LogP contribution in [0.2, 0.25) is 5.02 Å². The van der Waals surface area contributed by atoms with Gasteiger partial charge >= 0.3 is 6.18 Å². The van der Waals surface area contributed by atoms with Crippen molar-refractivity contribution in [3.8, 4) is 0 Å². The van der Waals surface area contributed by atoms with Gasteiger partial charge in [0.2, 0.25) is 0 Å². The summed E-state index contributed by atoms with van der Waals surface area (Å²) in [7, 11) is 0. The zero-order valence-corrected chi connectivity index (χ0v) is 11.9. The van der Waals surface area contributed by atoms with Crippen LogP contribution in [0.4, 0.5) is 17.6 Å². The summed E-state index contributed by atoms with van der Waals surface area (Å²) in [6, 6.07) is 4.24. The molecule has 1 rings (SSSR count). The van der Waals surface area contributed by atoms with Crippen molar-refractivity contribution >= 4 is 11.6 Å². The van der Waals surface area contributed by atoms with Gasteiger partial charge in [-0.05, 0) is 12.1 Å². The van der Waals surface area contributed by atoms with E-state index in [1.54, 1.807) is 4.90 Å². The Morgan fingerprint density at radius 1 is 1.24 bits per heavy atom. The molecule has 21 heavy (non-hydrogen) atoms. The van der Waals surface area contributed by atoms with E-state index in [0.29, 0.717) is 0 Å². The molecule has 0 amide bonds. The summed E-state index contributed by atoms with van der Waals surface area (Å²) >= 11 is 5.89. The van der Waals surface area contributed by atoms with E-state index in [4.69, 9.17) is 16.7 Å². The van der Waals surface area contributed by atoms with Crippen LogP contribution in [0.25, 0.3) is 0 Å². The largest absolute Gasteiger partial charge is 0.411 e. The predicted octanol–water partition coefficient (Wildman–Crippen LogP) is 2.85. The molecule has 8 heteroatoms. The summed E-state index contributed by atoms with van der Waals surface area (Å²) in [6.07, 6.45) is -4.38. The van der Waals surface area contributed by atoms with Crippen LogP contribution in [0.3, 0.4) is 0 Å². The van der Waals surface area contributed by atoms with E-state index in [2.05, 4.69) is 4.74 Å². The van der Waals surface area contributed by atoms with Crippen LogP contribution in [0.15, 0.2) is 18.2 Å². The molecule has 0 aliphatic carbocycles. The van der Waals surface area contributed by atoms with Crippen LogP contribution in [-0.4, -0.2) is 49.1 Å². The second-order valence-electron chi connectivity index (χ2n) is 4.37. The lowest BCUT2D eigenvalue weighted by molar-refractivity contribution is -0.174. The number of rotatable bonds is 8. The first-order valence-electron chi connectivity index (χ1n) is 6.24. The van der Waals surface area contributed by atoms with Gasteiger partial charge in [0.15, 0.2) is 0 Å². The van der Waals surface area contributed by atoms with Crippen LogP contribution in [-0.2, 0) is 11.3 Å². The number of hydrogen-bond donors (Lipinski definition) is 1. The molecule has 0 fully saturated rings. The fraction of sp³-hybridized carbons (Fsp3) is 0.538. The first-order valence-corrected chi connectivity index (χ1v) is 6.62. The molecule has 1 aromatic carbocycles. The van der Waals surface area contributed by atoms with Crippen LogP contribution >= 0.6 is 11.6 Å². The van der Waals surface area contributed by atoms with Crippen LogP contribution in [0, 0.1) is 5.82 Å². The molecule has 0 bridgehead atoms. The van der Waals surface area contributed by atoms with Gasteiger partial charge in [-0.1, -0.05) is 17.7 Å². The summed E-state index contributed by atoms with van der Waals surface area (Å²) in [5, 5.41) is 9.18. The Kier molecular flexibility index (Phi) is 7.37. The SMILES string of the molecule is OCCN(CCOCC(F)(F)F)Cc1c(F)cccc1Cl. The second-order valence-corrected chi connectivity index (χ2v) is 4.77. The Morgan fingerprint density at radius 2 is 1.95 bits per heavy atom. The molecule has 1 aromatic rings. The second kappa shape index (κ2) is 8.53. The Morgan fingerprint density at radius 3 is 2.52 bits per heavy atom. The number of nitrogens with zero attached hydrogens (tertiary/aromatic N) is 1. The van der Waals surface area contributed by atoms with Crippen molar-refractivity contribution in [2.75, 3.05) is 32.9 Å². The summed E-state index contributed by atoms with van der Waals surface area (Å²) < 4.78 is 53.9. The van der Waals surface area contributed by atoms with Crippen molar-refractivity contribution < 1.29 is 27.4 Å². The third-order valence-corrected chi connectivity index (χ3v) is 3.03. The zero-order valence-electron chi connectivity index (χ0n) is 11.2. The zero-order chi connectivity index (χ0) is 15.9. The minimum Gasteiger partial charge on any atom is -0.395 e. The Bertz CT molecular complexity index is 422. The molecule has 0 saturated heterocycles. The van der Waals surface area contributed by atoms with Gasteiger partial charge in [0.25, 0.3) is 0 Å². The number of benzene rings is 1. The molecule has 0 spiro atoms. The first-order chi connectivity index (χ1) is 9.83. The maximum atomic E-state index is 13.6. The predicted molar refractivity (Wildman–Crippen MR) is 70.6 cm³/mol. The van der Waals surface area contributed by atoms with Gasteiger partial charge in [-0.3, -0.25) is 4.90 Å². The lowest BCUT2D eigenvalue weighted by Gasteiger charge is -2.22. The highest BCUT2D eigenvalue weighted by atomic mass is 35.5. The number of aliphatic hydroxyl groups is 1. The highest BCUT2D eigenvalue weighted by Gasteiger charge is 2.27.